The smallest absolute Gasteiger partial charge is 0.306 e. The lowest BCUT2D eigenvalue weighted by Gasteiger charge is -2.10. The van der Waals surface area contributed by atoms with Gasteiger partial charge in [-0.25, -0.2) is 0 Å². The Hall–Kier alpha value is -0.570. The summed E-state index contributed by atoms with van der Waals surface area (Å²) in [4.78, 5) is 10.6. The van der Waals surface area contributed by atoms with Gasteiger partial charge in [-0.15, -0.1) is 0 Å². The van der Waals surface area contributed by atoms with Gasteiger partial charge >= 0.3 is 5.97 Å². The molecule has 1 aliphatic rings. The van der Waals surface area contributed by atoms with Crippen LogP contribution in [0, 0.1) is 5.92 Å². The molecule has 1 saturated heterocycles. The number of carbonyl (C=O) groups excluding carboxylic acids is 1. The molecule has 1 fully saturated rings. The minimum atomic E-state index is -0.133. The Morgan fingerprint density at radius 2 is 2.50 bits per heavy atom. The summed E-state index contributed by atoms with van der Waals surface area (Å²) in [6.45, 7) is 2.06. The van der Waals surface area contributed by atoms with Crippen LogP contribution in [0.4, 0.5) is 0 Å². The van der Waals surface area contributed by atoms with Crippen LogP contribution in [0.2, 0.25) is 0 Å². The van der Waals surface area contributed by atoms with E-state index in [9.17, 15) is 4.79 Å². The molecule has 1 N–H and O–H groups in total. The van der Waals surface area contributed by atoms with Crippen molar-refractivity contribution in [2.75, 3.05) is 6.61 Å². The monoisotopic (exact) mass is 144 g/mol. The predicted molar refractivity (Wildman–Crippen MR) is 35.4 cm³/mol. The first-order valence-corrected chi connectivity index (χ1v) is 3.54. The Kier molecular flexibility index (Phi) is 2.27. The quantitative estimate of drug-likeness (QED) is 0.568. The van der Waals surface area contributed by atoms with E-state index in [2.05, 4.69) is 0 Å². The molecular weight excluding hydrogens is 132 g/mol. The van der Waals surface area contributed by atoms with Crippen LogP contribution < -0.4 is 0 Å². The first-order valence-electron chi connectivity index (χ1n) is 3.54. The number of hydrogen-bond donors (Lipinski definition) is 1. The first kappa shape index (κ1) is 7.54. The fraction of sp³-hybridized carbons (Fsp3) is 0.857. The fourth-order valence-corrected chi connectivity index (χ4v) is 1.20. The van der Waals surface area contributed by atoms with Gasteiger partial charge in [-0.3, -0.25) is 4.79 Å². The van der Waals surface area contributed by atoms with E-state index in [1.54, 1.807) is 0 Å². The molecule has 0 radical (unpaired) electrons. The van der Waals surface area contributed by atoms with Crippen LogP contribution in [0.15, 0.2) is 0 Å². The summed E-state index contributed by atoms with van der Waals surface area (Å²) in [6, 6.07) is 0. The lowest BCUT2D eigenvalue weighted by Crippen LogP contribution is -2.14. The number of ether oxygens (including phenoxy) is 1. The maximum absolute atomic E-state index is 10.6. The van der Waals surface area contributed by atoms with Crippen molar-refractivity contribution in [1.82, 2.24) is 0 Å². The van der Waals surface area contributed by atoms with Crippen molar-refractivity contribution in [2.24, 2.45) is 5.92 Å². The zero-order valence-corrected chi connectivity index (χ0v) is 6.04. The molecule has 0 aromatic rings. The molecule has 3 heteroatoms. The highest BCUT2D eigenvalue weighted by molar-refractivity contribution is 5.71. The molecular formula is C7H12O3. The molecule has 0 aromatic carbocycles. The number of aliphatic hydroxyl groups excluding tert-OH is 1. The largest absolute Gasteiger partial charge is 0.462 e. The second-order valence-electron chi connectivity index (χ2n) is 2.72. The van der Waals surface area contributed by atoms with Crippen molar-refractivity contribution in [3.05, 3.63) is 0 Å². The van der Waals surface area contributed by atoms with E-state index < -0.39 is 0 Å². The Labute approximate surface area is 60.0 Å². The summed E-state index contributed by atoms with van der Waals surface area (Å²) >= 11 is 0. The molecule has 0 saturated carbocycles. The number of esters is 1. The van der Waals surface area contributed by atoms with E-state index in [1.165, 1.54) is 0 Å². The van der Waals surface area contributed by atoms with Crippen molar-refractivity contribution in [3.8, 4) is 0 Å². The van der Waals surface area contributed by atoms with Crippen LogP contribution >= 0.6 is 0 Å². The summed E-state index contributed by atoms with van der Waals surface area (Å²) in [5, 5.41) is 8.54. The lowest BCUT2D eigenvalue weighted by atomic mass is 10.0. The van der Waals surface area contributed by atoms with Crippen LogP contribution in [0.25, 0.3) is 0 Å². The summed E-state index contributed by atoms with van der Waals surface area (Å²) in [6.07, 6.45) is 1.04. The number of rotatable bonds is 2. The number of aliphatic hydroxyl groups is 1. The second-order valence-corrected chi connectivity index (χ2v) is 2.72. The topological polar surface area (TPSA) is 46.5 Å². The Balaban J connectivity index is 2.38. The van der Waals surface area contributed by atoms with Gasteiger partial charge in [-0.2, -0.15) is 0 Å². The molecule has 0 bridgehead atoms. The van der Waals surface area contributed by atoms with Gasteiger partial charge < -0.3 is 9.84 Å². The number of carbonyl (C=O) groups is 1. The maximum Gasteiger partial charge on any atom is 0.306 e. The molecule has 10 heavy (non-hydrogen) atoms. The van der Waals surface area contributed by atoms with E-state index in [0.29, 0.717) is 12.8 Å². The summed E-state index contributed by atoms with van der Waals surface area (Å²) in [5.41, 5.74) is 0. The first-order chi connectivity index (χ1) is 4.74. The van der Waals surface area contributed by atoms with Gasteiger partial charge in [0.15, 0.2) is 0 Å². The summed E-state index contributed by atoms with van der Waals surface area (Å²) in [5.74, 6) is 0.144. The third kappa shape index (κ3) is 1.48. The standard InChI is InChI=1S/C7H12O3/c1-5-4-7(9)10-6(5)2-3-8/h5-6,8H,2-4H2,1H3. The van der Waals surface area contributed by atoms with Gasteiger partial charge in [0.2, 0.25) is 0 Å². The molecule has 0 aliphatic carbocycles. The molecule has 1 rings (SSSR count). The molecule has 58 valence electrons. The van der Waals surface area contributed by atoms with E-state index in [-0.39, 0.29) is 24.6 Å². The van der Waals surface area contributed by atoms with E-state index in [1.807, 2.05) is 6.92 Å². The fourth-order valence-electron chi connectivity index (χ4n) is 1.20. The van der Waals surface area contributed by atoms with Gasteiger partial charge in [0.05, 0.1) is 6.42 Å². The SMILES string of the molecule is CC1CC(=O)OC1CCO. The molecule has 2 atom stereocenters. The Morgan fingerprint density at radius 3 is 2.90 bits per heavy atom. The zero-order valence-electron chi connectivity index (χ0n) is 6.04. The minimum absolute atomic E-state index is 0.0440. The molecule has 1 heterocycles. The van der Waals surface area contributed by atoms with Crippen LogP contribution in [0.3, 0.4) is 0 Å². The highest BCUT2D eigenvalue weighted by Crippen LogP contribution is 2.23. The van der Waals surface area contributed by atoms with Crippen molar-refractivity contribution in [2.45, 2.75) is 25.9 Å². The maximum atomic E-state index is 10.6. The van der Waals surface area contributed by atoms with Gasteiger partial charge in [0.1, 0.15) is 6.10 Å². The third-order valence-electron chi connectivity index (χ3n) is 1.82. The van der Waals surface area contributed by atoms with Crippen molar-refractivity contribution in [1.29, 1.82) is 0 Å². The summed E-state index contributed by atoms with van der Waals surface area (Å²) in [7, 11) is 0. The molecule has 1 aliphatic heterocycles. The van der Waals surface area contributed by atoms with Crippen LogP contribution in [0.5, 0.6) is 0 Å². The lowest BCUT2D eigenvalue weighted by molar-refractivity contribution is -0.141. The van der Waals surface area contributed by atoms with Gasteiger partial charge in [0.25, 0.3) is 0 Å². The summed E-state index contributed by atoms with van der Waals surface area (Å²) < 4.78 is 4.92. The third-order valence-corrected chi connectivity index (χ3v) is 1.82. The van der Waals surface area contributed by atoms with Crippen LogP contribution in [-0.2, 0) is 9.53 Å². The van der Waals surface area contributed by atoms with Gasteiger partial charge in [0, 0.05) is 18.9 Å². The predicted octanol–water partition coefficient (Wildman–Crippen LogP) is 0.320. The average Bonchev–Trinajstić information content (AvgIpc) is 2.13. The number of hydrogen-bond acceptors (Lipinski definition) is 3. The highest BCUT2D eigenvalue weighted by Gasteiger charge is 2.30. The Bertz CT molecular complexity index is 133. The second kappa shape index (κ2) is 3.01. The molecule has 2 unspecified atom stereocenters. The molecule has 3 nitrogen and oxygen atoms in total. The van der Waals surface area contributed by atoms with Crippen LogP contribution in [-0.4, -0.2) is 23.8 Å². The average molecular weight is 144 g/mol. The molecule has 0 amide bonds. The number of cyclic esters (lactones) is 1. The zero-order chi connectivity index (χ0) is 7.56. The van der Waals surface area contributed by atoms with E-state index >= 15 is 0 Å². The minimum Gasteiger partial charge on any atom is -0.462 e. The van der Waals surface area contributed by atoms with Crippen LogP contribution in [0.1, 0.15) is 19.8 Å². The molecule has 0 spiro atoms. The highest BCUT2D eigenvalue weighted by atomic mass is 16.5. The van der Waals surface area contributed by atoms with E-state index in [0.717, 1.165) is 0 Å². The van der Waals surface area contributed by atoms with Crippen molar-refractivity contribution >= 4 is 5.97 Å². The van der Waals surface area contributed by atoms with E-state index in [4.69, 9.17) is 9.84 Å². The molecule has 0 aromatic heterocycles. The van der Waals surface area contributed by atoms with Gasteiger partial charge in [-0.05, 0) is 0 Å². The van der Waals surface area contributed by atoms with Crippen molar-refractivity contribution < 1.29 is 14.6 Å². The van der Waals surface area contributed by atoms with Gasteiger partial charge in [-0.1, -0.05) is 6.92 Å². The Morgan fingerprint density at radius 1 is 1.80 bits per heavy atom. The van der Waals surface area contributed by atoms with Crippen molar-refractivity contribution in [3.63, 3.8) is 0 Å². The normalized spacial score (nSPS) is 32.4.